The van der Waals surface area contributed by atoms with Gasteiger partial charge in [-0.25, -0.2) is 0 Å². The molecule has 1 rings (SSSR count). The van der Waals surface area contributed by atoms with Crippen LogP contribution in [0.3, 0.4) is 0 Å². The summed E-state index contributed by atoms with van der Waals surface area (Å²) in [4.78, 5) is 11.2. The molecule has 0 unspecified atom stereocenters. The lowest BCUT2D eigenvalue weighted by molar-refractivity contribution is 0.797. The molecule has 0 spiro atoms. The molecule has 0 atom stereocenters. The van der Waals surface area contributed by atoms with Gasteiger partial charge in [-0.15, -0.1) is 6.42 Å². The summed E-state index contributed by atoms with van der Waals surface area (Å²) in [5, 5.41) is 0.479. The first-order valence-electron chi connectivity index (χ1n) is 3.14. The van der Waals surface area contributed by atoms with Crippen molar-refractivity contribution >= 4 is 23.2 Å². The second-order valence-corrected chi connectivity index (χ2v) is 2.99. The zero-order valence-corrected chi connectivity index (χ0v) is 7.56. The molecule has 0 saturated carbocycles. The van der Waals surface area contributed by atoms with Crippen LogP contribution in [-0.2, 0) is 6.54 Å². The van der Waals surface area contributed by atoms with Crippen molar-refractivity contribution in [2.24, 2.45) is 0 Å². The third kappa shape index (κ3) is 1.82. The smallest absolute Gasteiger partial charge is 0.270 e. The number of hydrogen-bond donors (Lipinski definition) is 0. The largest absolute Gasteiger partial charge is 0.301 e. The van der Waals surface area contributed by atoms with E-state index >= 15 is 0 Å². The van der Waals surface area contributed by atoms with E-state index in [0.29, 0.717) is 5.02 Å². The molecule has 0 amide bonds. The Morgan fingerprint density at radius 1 is 1.58 bits per heavy atom. The van der Waals surface area contributed by atoms with Crippen molar-refractivity contribution in [3.8, 4) is 12.3 Å². The van der Waals surface area contributed by atoms with E-state index in [2.05, 4.69) is 5.92 Å². The lowest BCUT2D eigenvalue weighted by atomic mass is 10.4. The molecule has 12 heavy (non-hydrogen) atoms. The van der Waals surface area contributed by atoms with Gasteiger partial charge in [-0.1, -0.05) is 29.1 Å². The van der Waals surface area contributed by atoms with Gasteiger partial charge in [0.2, 0.25) is 0 Å². The first-order valence-corrected chi connectivity index (χ1v) is 3.89. The molecule has 62 valence electrons. The SMILES string of the molecule is C#CCn1cc(Cl)cc(Cl)c1=O. The fourth-order valence-corrected chi connectivity index (χ4v) is 1.29. The van der Waals surface area contributed by atoms with Crippen molar-refractivity contribution in [2.45, 2.75) is 6.54 Å². The number of rotatable bonds is 1. The number of hydrogen-bond acceptors (Lipinski definition) is 1. The van der Waals surface area contributed by atoms with Crippen LogP contribution in [0.4, 0.5) is 0 Å². The maximum atomic E-state index is 11.2. The monoisotopic (exact) mass is 201 g/mol. The van der Waals surface area contributed by atoms with Gasteiger partial charge in [0, 0.05) is 6.20 Å². The van der Waals surface area contributed by atoms with Crippen LogP contribution in [0.1, 0.15) is 0 Å². The quantitative estimate of drug-likeness (QED) is 0.636. The molecule has 0 bridgehead atoms. The Morgan fingerprint density at radius 3 is 2.83 bits per heavy atom. The normalized spacial score (nSPS) is 9.42. The second-order valence-electron chi connectivity index (χ2n) is 2.14. The van der Waals surface area contributed by atoms with Gasteiger partial charge in [-0.05, 0) is 6.07 Å². The van der Waals surface area contributed by atoms with Crippen LogP contribution >= 0.6 is 23.2 Å². The van der Waals surface area contributed by atoms with Crippen molar-refractivity contribution in [3.63, 3.8) is 0 Å². The Hall–Kier alpha value is -0.910. The van der Waals surface area contributed by atoms with Gasteiger partial charge in [0.05, 0.1) is 11.6 Å². The number of halogens is 2. The minimum absolute atomic E-state index is 0.0813. The van der Waals surface area contributed by atoms with Crippen LogP contribution in [0, 0.1) is 12.3 Å². The van der Waals surface area contributed by atoms with Crippen molar-refractivity contribution in [1.82, 2.24) is 4.57 Å². The summed E-state index contributed by atoms with van der Waals surface area (Å²) in [7, 11) is 0. The lowest BCUT2D eigenvalue weighted by Crippen LogP contribution is -2.19. The summed E-state index contributed by atoms with van der Waals surface area (Å²) in [6, 6.07) is 1.39. The van der Waals surface area contributed by atoms with Gasteiger partial charge < -0.3 is 4.57 Å². The Morgan fingerprint density at radius 2 is 2.25 bits per heavy atom. The van der Waals surface area contributed by atoms with E-state index in [1.807, 2.05) is 0 Å². The predicted octanol–water partition coefficient (Wildman–Crippen LogP) is 1.79. The molecule has 0 aliphatic heterocycles. The molecule has 1 aromatic heterocycles. The van der Waals surface area contributed by atoms with E-state index in [-0.39, 0.29) is 17.1 Å². The molecule has 2 nitrogen and oxygen atoms in total. The van der Waals surface area contributed by atoms with E-state index in [4.69, 9.17) is 29.6 Å². The van der Waals surface area contributed by atoms with Crippen LogP contribution in [-0.4, -0.2) is 4.57 Å². The molecule has 1 aromatic rings. The summed E-state index contributed by atoms with van der Waals surface area (Å²) in [5.41, 5.74) is -0.320. The van der Waals surface area contributed by atoms with E-state index in [9.17, 15) is 4.79 Å². The highest BCUT2D eigenvalue weighted by atomic mass is 35.5. The molecule has 1 heterocycles. The van der Waals surface area contributed by atoms with E-state index in [1.165, 1.54) is 16.8 Å². The van der Waals surface area contributed by atoms with E-state index in [0.717, 1.165) is 0 Å². The van der Waals surface area contributed by atoms with E-state index < -0.39 is 0 Å². The summed E-state index contributed by atoms with van der Waals surface area (Å²) in [6.45, 7) is 0.180. The maximum absolute atomic E-state index is 11.2. The number of aromatic nitrogens is 1. The average molecular weight is 202 g/mol. The first-order chi connectivity index (χ1) is 5.65. The van der Waals surface area contributed by atoms with Gasteiger partial charge in [0.15, 0.2) is 0 Å². The average Bonchev–Trinajstić information content (AvgIpc) is 2.00. The minimum atomic E-state index is -0.320. The Balaban J connectivity index is 3.30. The van der Waals surface area contributed by atoms with Gasteiger partial charge >= 0.3 is 0 Å². The topological polar surface area (TPSA) is 22.0 Å². The van der Waals surface area contributed by atoms with Crippen LogP contribution in [0.25, 0.3) is 0 Å². The summed E-state index contributed by atoms with van der Waals surface area (Å²) < 4.78 is 1.28. The molecule has 0 aromatic carbocycles. The first kappa shape index (κ1) is 9.18. The third-order valence-electron chi connectivity index (χ3n) is 1.27. The van der Waals surface area contributed by atoms with Gasteiger partial charge in [0.25, 0.3) is 5.56 Å². The number of terminal acetylenes is 1. The van der Waals surface area contributed by atoms with Crippen molar-refractivity contribution in [1.29, 1.82) is 0 Å². The van der Waals surface area contributed by atoms with Crippen LogP contribution in [0.2, 0.25) is 10.0 Å². The standard InChI is InChI=1S/C8H5Cl2NO/c1-2-3-11-5-6(9)4-7(10)8(11)12/h1,4-5H,3H2. The molecule has 0 saturated heterocycles. The van der Waals surface area contributed by atoms with Crippen molar-refractivity contribution in [3.05, 3.63) is 32.7 Å². The highest BCUT2D eigenvalue weighted by molar-refractivity contribution is 6.34. The summed E-state index contributed by atoms with van der Waals surface area (Å²) >= 11 is 11.2. The Kier molecular flexibility index (Phi) is 2.80. The number of nitrogens with zero attached hydrogens (tertiary/aromatic N) is 1. The molecule has 4 heteroatoms. The van der Waals surface area contributed by atoms with Crippen molar-refractivity contribution in [2.75, 3.05) is 0 Å². The highest BCUT2D eigenvalue weighted by Gasteiger charge is 2.01. The summed E-state index contributed by atoms with van der Waals surface area (Å²) in [5.74, 6) is 2.32. The Bertz CT molecular complexity index is 389. The minimum Gasteiger partial charge on any atom is -0.301 e. The molecule has 0 N–H and O–H groups in total. The van der Waals surface area contributed by atoms with E-state index in [1.54, 1.807) is 0 Å². The Labute approximate surface area is 79.7 Å². The molecular weight excluding hydrogens is 197 g/mol. The molecule has 0 aliphatic rings. The van der Waals surface area contributed by atoms with Crippen LogP contribution in [0.5, 0.6) is 0 Å². The molecular formula is C8H5Cl2NO. The van der Waals surface area contributed by atoms with Gasteiger partial charge in [-0.3, -0.25) is 4.79 Å². The molecule has 0 aliphatic carbocycles. The third-order valence-corrected chi connectivity index (χ3v) is 1.75. The maximum Gasteiger partial charge on any atom is 0.270 e. The van der Waals surface area contributed by atoms with Crippen molar-refractivity contribution < 1.29 is 0 Å². The zero-order chi connectivity index (χ0) is 9.14. The lowest BCUT2D eigenvalue weighted by Gasteiger charge is -2.01. The number of pyridine rings is 1. The fraction of sp³-hybridized carbons (Fsp3) is 0.125. The zero-order valence-electron chi connectivity index (χ0n) is 6.05. The van der Waals surface area contributed by atoms with Gasteiger partial charge in [-0.2, -0.15) is 0 Å². The molecule has 0 fully saturated rings. The fourth-order valence-electron chi connectivity index (χ4n) is 0.781. The van der Waals surface area contributed by atoms with Gasteiger partial charge in [0.1, 0.15) is 5.02 Å². The highest BCUT2D eigenvalue weighted by Crippen LogP contribution is 2.10. The van der Waals surface area contributed by atoms with Crippen LogP contribution in [0.15, 0.2) is 17.1 Å². The summed E-state index contributed by atoms with van der Waals surface area (Å²) in [6.07, 6.45) is 6.49. The second kappa shape index (κ2) is 3.66. The van der Waals surface area contributed by atoms with Crippen LogP contribution < -0.4 is 5.56 Å². The predicted molar refractivity (Wildman–Crippen MR) is 49.6 cm³/mol. The molecule has 0 radical (unpaired) electrons.